The molecule has 0 aliphatic carbocycles. The molecule has 9 heteroatoms. The first-order valence-electron chi connectivity index (χ1n) is 12.4. The Hall–Kier alpha value is -2.94. The van der Waals surface area contributed by atoms with Gasteiger partial charge in [0.15, 0.2) is 0 Å². The summed E-state index contributed by atoms with van der Waals surface area (Å²) in [6.07, 6.45) is 3.12. The van der Waals surface area contributed by atoms with Crippen molar-refractivity contribution in [3.63, 3.8) is 0 Å². The van der Waals surface area contributed by atoms with Crippen molar-refractivity contribution in [3.8, 4) is 0 Å². The van der Waals surface area contributed by atoms with Crippen LogP contribution in [0, 0.1) is 5.82 Å². The van der Waals surface area contributed by atoms with Gasteiger partial charge in [0.25, 0.3) is 0 Å². The summed E-state index contributed by atoms with van der Waals surface area (Å²) in [6.45, 7) is 7.80. The smallest absolute Gasteiger partial charge is 0.244 e. The molecule has 0 aromatic heterocycles. The number of anilines is 1. The van der Waals surface area contributed by atoms with Crippen LogP contribution in [0.25, 0.3) is 0 Å². The van der Waals surface area contributed by atoms with Gasteiger partial charge in [-0.05, 0) is 48.1 Å². The molecule has 0 saturated heterocycles. The maximum absolute atomic E-state index is 13.7. The van der Waals surface area contributed by atoms with Gasteiger partial charge < -0.3 is 10.2 Å². The molecule has 0 spiro atoms. The standard InChI is InChI=1S/C27H38FN3O4S/c1-6-8-17-29-27(33)24(7-2)30(18-21-13-15-22(28)16-14-21)26(32)19-31(36(5,34)35)25-12-10-9-11-23(25)20(3)4/h9-16,20,24H,6-8,17-19H2,1-5H3,(H,29,33)/t24-/m1/s1. The van der Waals surface area contributed by atoms with Crippen LogP contribution in [0.4, 0.5) is 10.1 Å². The molecule has 2 aromatic rings. The van der Waals surface area contributed by atoms with Gasteiger partial charge in [0.2, 0.25) is 21.8 Å². The molecule has 0 saturated carbocycles. The van der Waals surface area contributed by atoms with Gasteiger partial charge in [-0.1, -0.05) is 64.4 Å². The molecule has 1 N–H and O–H groups in total. The lowest BCUT2D eigenvalue weighted by Gasteiger charge is -2.33. The van der Waals surface area contributed by atoms with Gasteiger partial charge in [0, 0.05) is 13.1 Å². The number of hydrogen-bond acceptors (Lipinski definition) is 4. The Balaban J connectivity index is 2.46. The number of amides is 2. The van der Waals surface area contributed by atoms with Crippen LogP contribution in [0.1, 0.15) is 64.0 Å². The van der Waals surface area contributed by atoms with E-state index in [0.717, 1.165) is 29.0 Å². The first kappa shape index (κ1) is 29.3. The predicted octanol–water partition coefficient (Wildman–Crippen LogP) is 4.44. The summed E-state index contributed by atoms with van der Waals surface area (Å²) in [6, 6.07) is 12.0. The van der Waals surface area contributed by atoms with E-state index in [4.69, 9.17) is 0 Å². The van der Waals surface area contributed by atoms with E-state index in [9.17, 15) is 22.4 Å². The number of halogens is 1. The van der Waals surface area contributed by atoms with Crippen LogP contribution < -0.4 is 9.62 Å². The van der Waals surface area contributed by atoms with Crippen molar-refractivity contribution in [1.82, 2.24) is 10.2 Å². The van der Waals surface area contributed by atoms with Crippen LogP contribution in [-0.4, -0.2) is 50.5 Å². The molecule has 7 nitrogen and oxygen atoms in total. The molecule has 0 fully saturated rings. The average Bonchev–Trinajstić information content (AvgIpc) is 2.83. The zero-order valence-electron chi connectivity index (χ0n) is 21.8. The van der Waals surface area contributed by atoms with Crippen molar-refractivity contribution in [1.29, 1.82) is 0 Å². The molecule has 0 aliphatic rings. The van der Waals surface area contributed by atoms with Crippen LogP contribution in [-0.2, 0) is 26.2 Å². The molecular formula is C27H38FN3O4S. The summed E-state index contributed by atoms with van der Waals surface area (Å²) < 4.78 is 40.3. The van der Waals surface area contributed by atoms with Gasteiger partial charge in [-0.3, -0.25) is 13.9 Å². The minimum Gasteiger partial charge on any atom is -0.354 e. The van der Waals surface area contributed by atoms with Crippen molar-refractivity contribution in [2.45, 2.75) is 65.5 Å². The monoisotopic (exact) mass is 519 g/mol. The topological polar surface area (TPSA) is 86.8 Å². The lowest BCUT2D eigenvalue weighted by Crippen LogP contribution is -2.52. The Morgan fingerprint density at radius 3 is 2.22 bits per heavy atom. The Kier molecular flexibility index (Phi) is 10.9. The number of benzene rings is 2. The molecule has 0 bridgehead atoms. The minimum atomic E-state index is -3.82. The van der Waals surface area contributed by atoms with E-state index in [0.29, 0.717) is 24.2 Å². The number of nitrogens with one attached hydrogen (secondary N) is 1. The van der Waals surface area contributed by atoms with E-state index in [2.05, 4.69) is 5.32 Å². The average molecular weight is 520 g/mol. The third-order valence-corrected chi connectivity index (χ3v) is 7.11. The zero-order valence-corrected chi connectivity index (χ0v) is 22.6. The van der Waals surface area contributed by atoms with E-state index in [-0.39, 0.29) is 18.4 Å². The van der Waals surface area contributed by atoms with Crippen molar-refractivity contribution in [3.05, 3.63) is 65.5 Å². The summed E-state index contributed by atoms with van der Waals surface area (Å²) in [4.78, 5) is 28.2. The number of carbonyl (C=O) groups excluding carboxylic acids is 2. The third-order valence-electron chi connectivity index (χ3n) is 5.99. The number of sulfonamides is 1. The van der Waals surface area contributed by atoms with Crippen molar-refractivity contribution in [2.75, 3.05) is 23.7 Å². The number of para-hydroxylation sites is 1. The van der Waals surface area contributed by atoms with Gasteiger partial charge in [0.1, 0.15) is 18.4 Å². The number of hydrogen-bond donors (Lipinski definition) is 1. The van der Waals surface area contributed by atoms with Gasteiger partial charge in [-0.2, -0.15) is 0 Å². The highest BCUT2D eigenvalue weighted by Crippen LogP contribution is 2.29. The van der Waals surface area contributed by atoms with Crippen LogP contribution in [0.15, 0.2) is 48.5 Å². The SMILES string of the molecule is CCCCNC(=O)[C@@H](CC)N(Cc1ccc(F)cc1)C(=O)CN(c1ccccc1C(C)C)S(C)(=O)=O. The fourth-order valence-electron chi connectivity index (χ4n) is 4.01. The molecule has 0 radical (unpaired) electrons. The lowest BCUT2D eigenvalue weighted by molar-refractivity contribution is -0.140. The quantitative estimate of drug-likeness (QED) is 0.397. The summed E-state index contributed by atoms with van der Waals surface area (Å²) in [5, 5.41) is 2.88. The molecule has 2 amide bonds. The van der Waals surface area contributed by atoms with Gasteiger partial charge in [0.05, 0.1) is 11.9 Å². The van der Waals surface area contributed by atoms with Crippen molar-refractivity contribution < 1.29 is 22.4 Å². The second-order valence-electron chi connectivity index (χ2n) is 9.20. The second kappa shape index (κ2) is 13.4. The Morgan fingerprint density at radius 2 is 1.67 bits per heavy atom. The molecule has 36 heavy (non-hydrogen) atoms. The minimum absolute atomic E-state index is 0.0311. The summed E-state index contributed by atoms with van der Waals surface area (Å²) in [5.41, 5.74) is 1.87. The lowest BCUT2D eigenvalue weighted by atomic mass is 10.0. The normalized spacial score (nSPS) is 12.3. The van der Waals surface area contributed by atoms with Crippen LogP contribution >= 0.6 is 0 Å². The molecule has 2 rings (SSSR count). The first-order valence-corrected chi connectivity index (χ1v) is 14.2. The number of carbonyl (C=O) groups is 2. The molecular weight excluding hydrogens is 481 g/mol. The number of nitrogens with zero attached hydrogens (tertiary/aromatic N) is 2. The van der Waals surface area contributed by atoms with Crippen molar-refractivity contribution in [2.24, 2.45) is 0 Å². The van der Waals surface area contributed by atoms with Crippen LogP contribution in [0.5, 0.6) is 0 Å². The van der Waals surface area contributed by atoms with Gasteiger partial charge in [-0.25, -0.2) is 12.8 Å². The van der Waals surface area contributed by atoms with E-state index in [1.54, 1.807) is 31.2 Å². The van der Waals surface area contributed by atoms with Crippen LogP contribution in [0.3, 0.4) is 0 Å². The maximum Gasteiger partial charge on any atom is 0.244 e. The summed E-state index contributed by atoms with van der Waals surface area (Å²) in [7, 11) is -3.82. The maximum atomic E-state index is 13.7. The predicted molar refractivity (Wildman–Crippen MR) is 142 cm³/mol. The number of unbranched alkanes of at least 4 members (excludes halogenated alkanes) is 1. The molecule has 0 aliphatic heterocycles. The van der Waals surface area contributed by atoms with E-state index < -0.39 is 34.3 Å². The fourth-order valence-corrected chi connectivity index (χ4v) is 4.88. The Bertz CT molecular complexity index is 1120. The third kappa shape index (κ3) is 8.05. The first-order chi connectivity index (χ1) is 17.0. The fraction of sp³-hybridized carbons (Fsp3) is 0.481. The molecule has 0 heterocycles. The van der Waals surface area contributed by atoms with E-state index >= 15 is 0 Å². The van der Waals surface area contributed by atoms with Crippen LogP contribution in [0.2, 0.25) is 0 Å². The highest BCUT2D eigenvalue weighted by atomic mass is 32.2. The van der Waals surface area contributed by atoms with Gasteiger partial charge in [-0.15, -0.1) is 0 Å². The summed E-state index contributed by atoms with van der Waals surface area (Å²) >= 11 is 0. The Morgan fingerprint density at radius 1 is 1.03 bits per heavy atom. The molecule has 0 unspecified atom stereocenters. The summed E-state index contributed by atoms with van der Waals surface area (Å²) in [5.74, 6) is -1.19. The zero-order chi connectivity index (χ0) is 26.9. The molecule has 1 atom stereocenters. The second-order valence-corrected chi connectivity index (χ2v) is 11.1. The Labute approximate surface area is 214 Å². The van der Waals surface area contributed by atoms with Crippen molar-refractivity contribution >= 4 is 27.5 Å². The van der Waals surface area contributed by atoms with Gasteiger partial charge >= 0.3 is 0 Å². The largest absolute Gasteiger partial charge is 0.354 e. The van der Waals surface area contributed by atoms with E-state index in [1.165, 1.54) is 17.0 Å². The number of rotatable bonds is 13. The molecule has 2 aromatic carbocycles. The highest BCUT2D eigenvalue weighted by molar-refractivity contribution is 7.92. The molecule has 198 valence electrons. The highest BCUT2D eigenvalue weighted by Gasteiger charge is 2.32. The van der Waals surface area contributed by atoms with E-state index in [1.807, 2.05) is 32.9 Å².